The molecule has 0 aromatic heterocycles. The van der Waals surface area contributed by atoms with Gasteiger partial charge in [-0.3, -0.25) is 5.09 Å². The monoisotopic (exact) mass is 271 g/mol. The summed E-state index contributed by atoms with van der Waals surface area (Å²) in [5.41, 5.74) is 0. The summed E-state index contributed by atoms with van der Waals surface area (Å²) in [7, 11) is -0.452. The minimum absolute atomic E-state index is 0.452. The minimum Gasteiger partial charge on any atom is -0.286 e. The van der Waals surface area contributed by atoms with Gasteiger partial charge in [-0.2, -0.15) is 0 Å². The lowest BCUT2D eigenvalue weighted by Gasteiger charge is -2.24. The molecule has 0 saturated heterocycles. The Morgan fingerprint density at radius 3 is 1.79 bits per heavy atom. The highest BCUT2D eigenvalue weighted by molar-refractivity contribution is 7.71. The van der Waals surface area contributed by atoms with E-state index in [-0.39, 0.29) is 0 Å². The molecule has 0 amide bonds. The van der Waals surface area contributed by atoms with Gasteiger partial charge in [0, 0.05) is 14.1 Å². The smallest absolute Gasteiger partial charge is 0.0255 e. The van der Waals surface area contributed by atoms with Gasteiger partial charge in [-0.25, -0.2) is 0 Å². The van der Waals surface area contributed by atoms with Crippen LogP contribution in [0.2, 0.25) is 0 Å². The molecule has 0 aliphatic carbocycles. The Morgan fingerprint density at radius 2 is 1.37 bits per heavy atom. The van der Waals surface area contributed by atoms with Crippen molar-refractivity contribution in [3.05, 3.63) is 60.7 Å². The van der Waals surface area contributed by atoms with E-state index in [0.717, 1.165) is 0 Å². The Balaban J connectivity index is 2.24. The summed E-state index contributed by atoms with van der Waals surface area (Å²) in [5.74, 6) is 0. The summed E-state index contributed by atoms with van der Waals surface area (Å²) < 4.78 is 0. The summed E-state index contributed by atoms with van der Waals surface area (Å²) in [6.07, 6.45) is 2.44. The molecule has 1 nitrogen and oxygen atoms in total. The van der Waals surface area contributed by atoms with Crippen LogP contribution in [-0.4, -0.2) is 6.04 Å². The average molecular weight is 271 g/mol. The average Bonchev–Trinajstić information content (AvgIpc) is 2.47. The highest BCUT2D eigenvalue weighted by Crippen LogP contribution is 2.29. The van der Waals surface area contributed by atoms with Crippen molar-refractivity contribution in [1.82, 2.24) is 5.09 Å². The van der Waals surface area contributed by atoms with Gasteiger partial charge in [0.25, 0.3) is 0 Å². The molecule has 1 unspecified atom stereocenters. The fourth-order valence-corrected chi connectivity index (χ4v) is 4.28. The quantitative estimate of drug-likeness (QED) is 0.788. The van der Waals surface area contributed by atoms with Gasteiger partial charge in [0.1, 0.15) is 0 Å². The first-order valence-electron chi connectivity index (χ1n) is 6.97. The van der Waals surface area contributed by atoms with Gasteiger partial charge >= 0.3 is 0 Å². The Hall–Kier alpha value is -1.17. The van der Waals surface area contributed by atoms with Crippen LogP contribution in [0.25, 0.3) is 0 Å². The first-order valence-corrected chi connectivity index (χ1v) is 8.32. The van der Waals surface area contributed by atoms with Crippen LogP contribution in [0, 0.1) is 0 Å². The molecule has 19 heavy (non-hydrogen) atoms. The first-order chi connectivity index (χ1) is 9.31. The molecule has 0 fully saturated rings. The Kier molecular flexibility index (Phi) is 5.57. The lowest BCUT2D eigenvalue weighted by molar-refractivity contribution is 0.614. The van der Waals surface area contributed by atoms with Crippen molar-refractivity contribution in [2.45, 2.75) is 32.7 Å². The molecule has 1 N–H and O–H groups in total. The summed E-state index contributed by atoms with van der Waals surface area (Å²) in [6, 6.07) is 22.1. The molecule has 0 spiro atoms. The molecule has 1 atom stereocenters. The van der Waals surface area contributed by atoms with Gasteiger partial charge < -0.3 is 0 Å². The van der Waals surface area contributed by atoms with Crippen molar-refractivity contribution >= 4 is 18.7 Å². The third-order valence-electron chi connectivity index (χ3n) is 3.10. The third kappa shape index (κ3) is 4.16. The molecular formula is C17H22NP. The maximum Gasteiger partial charge on any atom is 0.0255 e. The Morgan fingerprint density at radius 1 is 0.895 bits per heavy atom. The second-order valence-corrected chi connectivity index (χ2v) is 6.79. The van der Waals surface area contributed by atoms with Gasteiger partial charge in [-0.15, -0.1) is 0 Å². The van der Waals surface area contributed by atoms with Crippen molar-refractivity contribution in [2.75, 3.05) is 0 Å². The molecule has 0 radical (unpaired) electrons. The van der Waals surface area contributed by atoms with Gasteiger partial charge in [-0.05, 0) is 24.0 Å². The van der Waals surface area contributed by atoms with E-state index in [1.807, 2.05) is 0 Å². The van der Waals surface area contributed by atoms with Crippen molar-refractivity contribution in [3.8, 4) is 0 Å². The zero-order valence-corrected chi connectivity index (χ0v) is 12.6. The maximum atomic E-state index is 3.82. The van der Waals surface area contributed by atoms with E-state index in [4.69, 9.17) is 0 Å². The van der Waals surface area contributed by atoms with Gasteiger partial charge in [0.05, 0.1) is 0 Å². The second kappa shape index (κ2) is 7.43. The van der Waals surface area contributed by atoms with E-state index in [9.17, 15) is 0 Å². The molecule has 0 bridgehead atoms. The molecule has 0 aliphatic rings. The summed E-state index contributed by atoms with van der Waals surface area (Å²) in [4.78, 5) is 0. The van der Waals surface area contributed by atoms with E-state index in [1.54, 1.807) is 0 Å². The molecule has 2 heteroatoms. The van der Waals surface area contributed by atoms with Crippen molar-refractivity contribution in [3.63, 3.8) is 0 Å². The van der Waals surface area contributed by atoms with E-state index < -0.39 is 8.07 Å². The van der Waals surface area contributed by atoms with Crippen LogP contribution in [0.4, 0.5) is 0 Å². The fourth-order valence-electron chi connectivity index (χ4n) is 2.17. The van der Waals surface area contributed by atoms with Crippen LogP contribution in [-0.2, 0) is 0 Å². The number of hydrogen-bond acceptors (Lipinski definition) is 1. The number of nitrogens with one attached hydrogen (secondary N) is 1. The SMILES string of the molecule is CCCC(C)NP(c1ccccc1)c1ccccc1. The Bertz CT molecular complexity index is 430. The van der Waals surface area contributed by atoms with Gasteiger partial charge in [-0.1, -0.05) is 74.0 Å². The number of benzene rings is 2. The Labute approximate surface area is 117 Å². The summed E-state index contributed by atoms with van der Waals surface area (Å²) in [6.45, 7) is 4.52. The highest BCUT2D eigenvalue weighted by Gasteiger charge is 2.15. The van der Waals surface area contributed by atoms with Crippen LogP contribution in [0.15, 0.2) is 60.7 Å². The molecule has 0 saturated carbocycles. The van der Waals surface area contributed by atoms with E-state index >= 15 is 0 Å². The predicted molar refractivity (Wildman–Crippen MR) is 86.6 cm³/mol. The summed E-state index contributed by atoms with van der Waals surface area (Å²) >= 11 is 0. The molecule has 2 aromatic carbocycles. The van der Waals surface area contributed by atoms with Crippen molar-refractivity contribution < 1.29 is 0 Å². The molecule has 2 rings (SSSR count). The molecule has 0 aliphatic heterocycles. The zero-order chi connectivity index (χ0) is 13.5. The largest absolute Gasteiger partial charge is 0.286 e. The normalized spacial score (nSPS) is 12.6. The lowest BCUT2D eigenvalue weighted by atomic mass is 10.2. The van der Waals surface area contributed by atoms with E-state index in [2.05, 4.69) is 79.6 Å². The third-order valence-corrected chi connectivity index (χ3v) is 5.43. The second-order valence-electron chi connectivity index (χ2n) is 4.83. The van der Waals surface area contributed by atoms with E-state index in [0.29, 0.717) is 6.04 Å². The minimum atomic E-state index is -0.452. The molecule has 2 aromatic rings. The highest BCUT2D eigenvalue weighted by atomic mass is 31.1. The fraction of sp³-hybridized carbons (Fsp3) is 0.294. The summed E-state index contributed by atoms with van der Waals surface area (Å²) in [5, 5.41) is 6.61. The number of rotatable bonds is 6. The zero-order valence-electron chi connectivity index (χ0n) is 11.7. The topological polar surface area (TPSA) is 12.0 Å². The van der Waals surface area contributed by atoms with Crippen molar-refractivity contribution in [1.29, 1.82) is 0 Å². The standard InChI is InChI=1S/C17H22NP/c1-3-10-15(2)18-19(16-11-6-4-7-12-16)17-13-8-5-9-14-17/h4-9,11-15,18H,3,10H2,1-2H3. The van der Waals surface area contributed by atoms with Crippen LogP contribution in [0.1, 0.15) is 26.7 Å². The van der Waals surface area contributed by atoms with Crippen LogP contribution < -0.4 is 15.7 Å². The number of hydrogen-bond donors (Lipinski definition) is 1. The lowest BCUT2D eigenvalue weighted by Crippen LogP contribution is -2.29. The van der Waals surface area contributed by atoms with Crippen LogP contribution in [0.3, 0.4) is 0 Å². The van der Waals surface area contributed by atoms with Crippen LogP contribution >= 0.6 is 8.07 Å². The predicted octanol–water partition coefficient (Wildman–Crippen LogP) is 3.81. The maximum absolute atomic E-state index is 3.82. The molecule has 100 valence electrons. The van der Waals surface area contributed by atoms with Gasteiger partial charge in [0.2, 0.25) is 0 Å². The van der Waals surface area contributed by atoms with Crippen molar-refractivity contribution in [2.24, 2.45) is 0 Å². The first kappa shape index (κ1) is 14.2. The molecular weight excluding hydrogens is 249 g/mol. The molecule has 0 heterocycles. The van der Waals surface area contributed by atoms with Crippen LogP contribution in [0.5, 0.6) is 0 Å². The van der Waals surface area contributed by atoms with E-state index in [1.165, 1.54) is 23.5 Å². The van der Waals surface area contributed by atoms with Gasteiger partial charge in [0.15, 0.2) is 0 Å².